The molecule has 0 fully saturated rings. The fourth-order valence-electron chi connectivity index (χ4n) is 2.66. The molecule has 1 N–H and O–H groups in total. The molecule has 0 aliphatic rings. The summed E-state index contributed by atoms with van der Waals surface area (Å²) in [6, 6.07) is 21.8. The van der Waals surface area contributed by atoms with E-state index in [1.807, 2.05) is 31.2 Å². The highest BCUT2D eigenvalue weighted by atomic mass is 35.5. The maximum absolute atomic E-state index is 13.2. The van der Waals surface area contributed by atoms with Gasteiger partial charge in [0.15, 0.2) is 0 Å². The van der Waals surface area contributed by atoms with Gasteiger partial charge in [-0.25, -0.2) is 13.8 Å². The highest BCUT2D eigenvalue weighted by Crippen LogP contribution is 2.25. The quantitative estimate of drug-likeness (QED) is 0.444. The van der Waals surface area contributed by atoms with Crippen molar-refractivity contribution in [3.63, 3.8) is 0 Å². The Bertz CT molecular complexity index is 1150. The SMILES string of the molecule is Cc1ccc(/C=N/NC(=O)CN(c2cccc(Cl)c2)S(=O)(=O)c2ccccc2)cc1. The van der Waals surface area contributed by atoms with Crippen molar-refractivity contribution >= 4 is 39.4 Å². The molecule has 1 amide bonds. The van der Waals surface area contributed by atoms with Crippen LogP contribution in [0.2, 0.25) is 5.02 Å². The van der Waals surface area contributed by atoms with E-state index >= 15 is 0 Å². The summed E-state index contributed by atoms with van der Waals surface area (Å²) >= 11 is 6.04. The summed E-state index contributed by atoms with van der Waals surface area (Å²) in [4.78, 5) is 12.5. The zero-order valence-corrected chi connectivity index (χ0v) is 17.8. The largest absolute Gasteiger partial charge is 0.271 e. The molecule has 30 heavy (non-hydrogen) atoms. The molecule has 0 spiro atoms. The lowest BCUT2D eigenvalue weighted by molar-refractivity contribution is -0.119. The summed E-state index contributed by atoms with van der Waals surface area (Å²) in [5.74, 6) is -0.585. The van der Waals surface area contributed by atoms with E-state index in [0.717, 1.165) is 15.4 Å². The maximum Gasteiger partial charge on any atom is 0.264 e. The Kier molecular flexibility index (Phi) is 6.87. The van der Waals surface area contributed by atoms with Crippen molar-refractivity contribution in [3.05, 3.63) is 95.0 Å². The van der Waals surface area contributed by atoms with Crippen LogP contribution in [0.15, 0.2) is 88.9 Å². The third-order valence-electron chi connectivity index (χ3n) is 4.19. The topological polar surface area (TPSA) is 78.8 Å². The zero-order chi connectivity index (χ0) is 21.6. The van der Waals surface area contributed by atoms with E-state index in [1.165, 1.54) is 24.4 Å². The van der Waals surface area contributed by atoms with E-state index in [-0.39, 0.29) is 10.6 Å². The van der Waals surface area contributed by atoms with Crippen molar-refractivity contribution in [3.8, 4) is 0 Å². The van der Waals surface area contributed by atoms with Crippen LogP contribution in [0, 0.1) is 6.92 Å². The summed E-state index contributed by atoms with van der Waals surface area (Å²) in [6.45, 7) is 1.52. The van der Waals surface area contributed by atoms with E-state index in [2.05, 4.69) is 10.5 Å². The van der Waals surface area contributed by atoms with Gasteiger partial charge in [0, 0.05) is 5.02 Å². The maximum atomic E-state index is 13.2. The van der Waals surface area contributed by atoms with Gasteiger partial charge in [-0.1, -0.05) is 65.7 Å². The molecule has 0 radical (unpaired) electrons. The normalized spacial score (nSPS) is 11.4. The molecule has 3 aromatic rings. The Morgan fingerprint density at radius 2 is 1.73 bits per heavy atom. The van der Waals surface area contributed by atoms with Crippen molar-refractivity contribution in [2.45, 2.75) is 11.8 Å². The first kappa shape index (κ1) is 21.5. The van der Waals surface area contributed by atoms with Crippen LogP contribution >= 0.6 is 11.6 Å². The number of rotatable bonds is 7. The van der Waals surface area contributed by atoms with E-state index in [1.54, 1.807) is 36.4 Å². The Morgan fingerprint density at radius 1 is 1.03 bits per heavy atom. The number of hydrogen-bond donors (Lipinski definition) is 1. The number of nitrogens with one attached hydrogen (secondary N) is 1. The van der Waals surface area contributed by atoms with Gasteiger partial charge >= 0.3 is 0 Å². The minimum Gasteiger partial charge on any atom is -0.271 e. The average molecular weight is 442 g/mol. The second kappa shape index (κ2) is 9.56. The number of benzene rings is 3. The number of nitrogens with zero attached hydrogens (tertiary/aromatic N) is 2. The van der Waals surface area contributed by atoms with Gasteiger partial charge in [-0.15, -0.1) is 0 Å². The number of hydrazone groups is 1. The molecular formula is C22H20ClN3O3S. The molecule has 154 valence electrons. The summed E-state index contributed by atoms with van der Waals surface area (Å²) in [5, 5.41) is 4.28. The van der Waals surface area contributed by atoms with Crippen LogP contribution in [0.3, 0.4) is 0 Å². The number of carbonyl (C=O) groups excluding carboxylic acids is 1. The second-order valence-corrected chi connectivity index (χ2v) is 8.81. The van der Waals surface area contributed by atoms with Gasteiger partial charge in [0.25, 0.3) is 15.9 Å². The average Bonchev–Trinajstić information content (AvgIpc) is 2.74. The van der Waals surface area contributed by atoms with Crippen LogP contribution in [0.4, 0.5) is 5.69 Å². The first-order valence-electron chi connectivity index (χ1n) is 9.08. The highest BCUT2D eigenvalue weighted by molar-refractivity contribution is 7.92. The molecule has 0 saturated carbocycles. The number of hydrogen-bond acceptors (Lipinski definition) is 4. The van der Waals surface area contributed by atoms with E-state index < -0.39 is 22.5 Å². The highest BCUT2D eigenvalue weighted by Gasteiger charge is 2.27. The van der Waals surface area contributed by atoms with Gasteiger partial charge < -0.3 is 0 Å². The number of sulfonamides is 1. The second-order valence-electron chi connectivity index (χ2n) is 6.51. The van der Waals surface area contributed by atoms with Gasteiger partial charge in [0.05, 0.1) is 16.8 Å². The molecule has 3 aromatic carbocycles. The Labute approximate surface area is 180 Å². The zero-order valence-electron chi connectivity index (χ0n) is 16.2. The van der Waals surface area contributed by atoms with E-state index in [4.69, 9.17) is 11.6 Å². The van der Waals surface area contributed by atoms with Crippen molar-refractivity contribution in [1.82, 2.24) is 5.43 Å². The molecule has 0 aliphatic carbocycles. The molecule has 0 unspecified atom stereocenters. The fourth-order valence-corrected chi connectivity index (χ4v) is 4.28. The van der Waals surface area contributed by atoms with Gasteiger partial charge in [0.1, 0.15) is 6.54 Å². The van der Waals surface area contributed by atoms with E-state index in [0.29, 0.717) is 5.02 Å². The van der Waals surface area contributed by atoms with Crippen LogP contribution in [0.25, 0.3) is 0 Å². The Hall–Kier alpha value is -3.16. The summed E-state index contributed by atoms with van der Waals surface area (Å²) in [7, 11) is -3.99. The molecule has 6 nitrogen and oxygen atoms in total. The fraction of sp³-hybridized carbons (Fsp3) is 0.0909. The van der Waals surface area contributed by atoms with Crippen molar-refractivity contribution < 1.29 is 13.2 Å². The summed E-state index contributed by atoms with van der Waals surface area (Å²) < 4.78 is 27.3. The lowest BCUT2D eigenvalue weighted by atomic mass is 10.2. The molecule has 0 bridgehead atoms. The standard InChI is InChI=1S/C22H20ClN3O3S/c1-17-10-12-18(13-11-17)15-24-25-22(27)16-26(20-7-5-6-19(23)14-20)30(28,29)21-8-3-2-4-9-21/h2-15H,16H2,1H3,(H,25,27)/b24-15+. The minimum atomic E-state index is -3.99. The van der Waals surface area contributed by atoms with E-state index in [9.17, 15) is 13.2 Å². The molecule has 0 heterocycles. The number of anilines is 1. The van der Waals surface area contributed by atoms with Gasteiger partial charge in [0.2, 0.25) is 0 Å². The third-order valence-corrected chi connectivity index (χ3v) is 6.22. The smallest absolute Gasteiger partial charge is 0.264 e. The molecule has 8 heteroatoms. The van der Waals surface area contributed by atoms with Crippen molar-refractivity contribution in [2.75, 3.05) is 10.8 Å². The van der Waals surface area contributed by atoms with Crippen molar-refractivity contribution in [2.24, 2.45) is 5.10 Å². The first-order chi connectivity index (χ1) is 14.4. The van der Waals surface area contributed by atoms with Gasteiger partial charge in [-0.2, -0.15) is 5.10 Å². The Balaban J connectivity index is 1.82. The molecule has 3 rings (SSSR count). The summed E-state index contributed by atoms with van der Waals surface area (Å²) in [5.41, 5.74) is 4.58. The van der Waals surface area contributed by atoms with Crippen molar-refractivity contribution in [1.29, 1.82) is 0 Å². The molecular weight excluding hydrogens is 422 g/mol. The number of halogens is 1. The predicted molar refractivity (Wildman–Crippen MR) is 119 cm³/mol. The van der Waals surface area contributed by atoms with Crippen LogP contribution in [-0.4, -0.2) is 27.1 Å². The third kappa shape index (κ3) is 5.46. The van der Waals surface area contributed by atoms with Crippen LogP contribution in [0.5, 0.6) is 0 Å². The van der Waals surface area contributed by atoms with Gasteiger partial charge in [-0.3, -0.25) is 9.10 Å². The Morgan fingerprint density at radius 3 is 2.40 bits per heavy atom. The number of aryl methyl sites for hydroxylation is 1. The molecule has 0 aromatic heterocycles. The predicted octanol–water partition coefficient (Wildman–Crippen LogP) is 3.99. The lowest BCUT2D eigenvalue weighted by Crippen LogP contribution is -2.39. The van der Waals surface area contributed by atoms with Crippen LogP contribution in [-0.2, 0) is 14.8 Å². The van der Waals surface area contributed by atoms with Gasteiger partial charge in [-0.05, 0) is 42.8 Å². The summed E-state index contributed by atoms with van der Waals surface area (Å²) in [6.07, 6.45) is 1.49. The number of carbonyl (C=O) groups is 1. The molecule has 0 aliphatic heterocycles. The minimum absolute atomic E-state index is 0.0703. The lowest BCUT2D eigenvalue weighted by Gasteiger charge is -2.23. The first-order valence-corrected chi connectivity index (χ1v) is 10.9. The van der Waals surface area contributed by atoms with Crippen LogP contribution < -0.4 is 9.73 Å². The number of amides is 1. The monoisotopic (exact) mass is 441 g/mol. The molecule has 0 saturated heterocycles. The molecule has 0 atom stereocenters. The van der Waals surface area contributed by atoms with Crippen LogP contribution in [0.1, 0.15) is 11.1 Å².